The maximum Gasteiger partial charge on any atom is 0.256 e. The van der Waals surface area contributed by atoms with Gasteiger partial charge in [0.2, 0.25) is 0 Å². The number of benzene rings is 1. The molecule has 1 fully saturated rings. The van der Waals surface area contributed by atoms with Crippen LogP contribution >= 0.6 is 0 Å². The summed E-state index contributed by atoms with van der Waals surface area (Å²) in [4.78, 5) is 13.8. The molecule has 1 amide bonds. The summed E-state index contributed by atoms with van der Waals surface area (Å²) in [6, 6.07) is 5.74. The van der Waals surface area contributed by atoms with Gasteiger partial charge >= 0.3 is 0 Å². The van der Waals surface area contributed by atoms with E-state index in [1.165, 1.54) is 17.0 Å². The van der Waals surface area contributed by atoms with Crippen molar-refractivity contribution in [2.24, 2.45) is 11.7 Å². The summed E-state index contributed by atoms with van der Waals surface area (Å²) in [5.74, 6) is -0.946. The van der Waals surface area contributed by atoms with Crippen LogP contribution in [-0.4, -0.2) is 41.1 Å². The average molecular weight is 266 g/mol. The number of rotatable bonds is 2. The van der Waals surface area contributed by atoms with Crippen LogP contribution < -0.4 is 5.73 Å². The predicted molar refractivity (Wildman–Crippen MR) is 70.1 cm³/mol. The number of nitrogens with zero attached hydrogens (tertiary/aromatic N) is 1. The minimum atomic E-state index is -0.528. The first-order chi connectivity index (χ1) is 8.99. The van der Waals surface area contributed by atoms with E-state index < -0.39 is 11.9 Å². The summed E-state index contributed by atoms with van der Waals surface area (Å²) in [6.07, 6.45) is 0.154. The molecule has 1 saturated heterocycles. The number of amides is 1. The highest BCUT2D eigenvalue weighted by atomic mass is 19.1. The SMILES string of the molecule is CC(O)C1CC(N)CN(C(=O)c2ccccc2F)C1. The summed E-state index contributed by atoms with van der Waals surface area (Å²) in [6.45, 7) is 2.50. The number of aliphatic hydroxyl groups is 1. The number of likely N-dealkylation sites (tertiary alicyclic amines) is 1. The zero-order valence-electron chi connectivity index (χ0n) is 10.9. The molecule has 1 aliphatic heterocycles. The monoisotopic (exact) mass is 266 g/mol. The summed E-state index contributed by atoms with van der Waals surface area (Å²) < 4.78 is 13.6. The molecule has 1 aromatic carbocycles. The molecule has 0 radical (unpaired) electrons. The first-order valence-corrected chi connectivity index (χ1v) is 6.46. The van der Waals surface area contributed by atoms with E-state index >= 15 is 0 Å². The van der Waals surface area contributed by atoms with Crippen molar-refractivity contribution in [3.8, 4) is 0 Å². The number of hydrogen-bond donors (Lipinski definition) is 2. The Labute approximate surface area is 112 Å². The fourth-order valence-electron chi connectivity index (χ4n) is 2.50. The van der Waals surface area contributed by atoms with Crippen LogP contribution in [0.25, 0.3) is 0 Å². The third-order valence-corrected chi connectivity index (χ3v) is 3.59. The van der Waals surface area contributed by atoms with E-state index in [2.05, 4.69) is 0 Å². The van der Waals surface area contributed by atoms with Crippen molar-refractivity contribution in [2.75, 3.05) is 13.1 Å². The number of hydrogen-bond acceptors (Lipinski definition) is 3. The van der Waals surface area contributed by atoms with E-state index in [1.807, 2.05) is 0 Å². The van der Waals surface area contributed by atoms with Crippen molar-refractivity contribution in [3.05, 3.63) is 35.6 Å². The lowest BCUT2D eigenvalue weighted by molar-refractivity contribution is 0.0415. The number of carbonyl (C=O) groups is 1. The van der Waals surface area contributed by atoms with Gasteiger partial charge in [-0.05, 0) is 25.5 Å². The van der Waals surface area contributed by atoms with Gasteiger partial charge in [0.1, 0.15) is 5.82 Å². The van der Waals surface area contributed by atoms with Crippen LogP contribution in [0.4, 0.5) is 4.39 Å². The Kier molecular flexibility index (Phi) is 4.17. The third-order valence-electron chi connectivity index (χ3n) is 3.59. The lowest BCUT2D eigenvalue weighted by Gasteiger charge is -2.37. The predicted octanol–water partition coefficient (Wildman–Crippen LogP) is 0.996. The second kappa shape index (κ2) is 5.67. The minimum absolute atomic E-state index is 0.0560. The van der Waals surface area contributed by atoms with Crippen molar-refractivity contribution in [1.82, 2.24) is 4.90 Å². The Balaban J connectivity index is 2.17. The molecular weight excluding hydrogens is 247 g/mol. The lowest BCUT2D eigenvalue weighted by Crippen LogP contribution is -2.51. The van der Waals surface area contributed by atoms with Gasteiger partial charge in [0.15, 0.2) is 0 Å². The number of aliphatic hydroxyl groups excluding tert-OH is 1. The fraction of sp³-hybridized carbons (Fsp3) is 0.500. The fourth-order valence-corrected chi connectivity index (χ4v) is 2.50. The quantitative estimate of drug-likeness (QED) is 0.839. The highest BCUT2D eigenvalue weighted by Crippen LogP contribution is 2.21. The number of nitrogens with two attached hydrogens (primary N) is 1. The van der Waals surface area contributed by atoms with Crippen LogP contribution in [0.1, 0.15) is 23.7 Å². The van der Waals surface area contributed by atoms with Gasteiger partial charge in [0, 0.05) is 25.0 Å². The van der Waals surface area contributed by atoms with E-state index in [-0.39, 0.29) is 23.4 Å². The van der Waals surface area contributed by atoms with Crippen LogP contribution in [0, 0.1) is 11.7 Å². The molecule has 1 aliphatic rings. The minimum Gasteiger partial charge on any atom is -0.393 e. The van der Waals surface area contributed by atoms with E-state index in [0.717, 1.165) is 0 Å². The van der Waals surface area contributed by atoms with Crippen molar-refractivity contribution >= 4 is 5.91 Å². The summed E-state index contributed by atoms with van der Waals surface area (Å²) >= 11 is 0. The van der Waals surface area contributed by atoms with Gasteiger partial charge in [0.25, 0.3) is 5.91 Å². The van der Waals surface area contributed by atoms with Crippen molar-refractivity contribution in [3.63, 3.8) is 0 Å². The Morgan fingerprint density at radius 1 is 1.47 bits per heavy atom. The van der Waals surface area contributed by atoms with Gasteiger partial charge in [0.05, 0.1) is 11.7 Å². The van der Waals surface area contributed by atoms with Gasteiger partial charge in [-0.15, -0.1) is 0 Å². The van der Waals surface area contributed by atoms with Crippen molar-refractivity contribution in [2.45, 2.75) is 25.5 Å². The van der Waals surface area contributed by atoms with Crippen molar-refractivity contribution in [1.29, 1.82) is 0 Å². The van der Waals surface area contributed by atoms with Gasteiger partial charge < -0.3 is 15.7 Å². The Morgan fingerprint density at radius 2 is 2.16 bits per heavy atom. The standard InChI is InChI=1S/C14H19FN2O2/c1-9(18)10-6-11(16)8-17(7-10)14(19)12-4-2-3-5-13(12)15/h2-5,9-11,18H,6-8,16H2,1H3. The molecule has 0 aliphatic carbocycles. The van der Waals surface area contributed by atoms with Crippen LogP contribution in [0.5, 0.6) is 0 Å². The molecule has 0 spiro atoms. The topological polar surface area (TPSA) is 66.6 Å². The molecule has 3 unspecified atom stereocenters. The van der Waals surface area contributed by atoms with Crippen molar-refractivity contribution < 1.29 is 14.3 Å². The zero-order chi connectivity index (χ0) is 14.0. The van der Waals surface area contributed by atoms with Gasteiger partial charge in [-0.3, -0.25) is 4.79 Å². The molecule has 19 heavy (non-hydrogen) atoms. The molecule has 0 bridgehead atoms. The first kappa shape index (κ1) is 14.0. The summed E-state index contributed by atoms with van der Waals surface area (Å²) in [7, 11) is 0. The van der Waals surface area contributed by atoms with E-state index in [9.17, 15) is 14.3 Å². The van der Waals surface area contributed by atoms with Gasteiger partial charge in [-0.1, -0.05) is 12.1 Å². The van der Waals surface area contributed by atoms with E-state index in [4.69, 9.17) is 5.73 Å². The zero-order valence-corrected chi connectivity index (χ0v) is 10.9. The second-order valence-corrected chi connectivity index (χ2v) is 5.19. The smallest absolute Gasteiger partial charge is 0.256 e. The third kappa shape index (κ3) is 3.11. The van der Waals surface area contributed by atoms with E-state index in [0.29, 0.717) is 19.5 Å². The normalized spacial score (nSPS) is 25.2. The first-order valence-electron chi connectivity index (χ1n) is 6.46. The van der Waals surface area contributed by atoms with Crippen LogP contribution in [0.15, 0.2) is 24.3 Å². The molecule has 0 saturated carbocycles. The maximum absolute atomic E-state index is 13.6. The Hall–Kier alpha value is -1.46. The molecule has 5 heteroatoms. The van der Waals surface area contributed by atoms with Gasteiger partial charge in [-0.25, -0.2) is 4.39 Å². The van der Waals surface area contributed by atoms with Crippen LogP contribution in [-0.2, 0) is 0 Å². The number of piperidine rings is 1. The Morgan fingerprint density at radius 3 is 2.79 bits per heavy atom. The molecule has 1 aromatic rings. The molecule has 104 valence electrons. The highest BCUT2D eigenvalue weighted by Gasteiger charge is 2.31. The summed E-state index contributed by atoms with van der Waals surface area (Å²) in [5, 5.41) is 9.65. The lowest BCUT2D eigenvalue weighted by atomic mass is 9.90. The van der Waals surface area contributed by atoms with Crippen LogP contribution in [0.3, 0.4) is 0 Å². The van der Waals surface area contributed by atoms with Gasteiger partial charge in [-0.2, -0.15) is 0 Å². The second-order valence-electron chi connectivity index (χ2n) is 5.19. The molecule has 4 nitrogen and oxygen atoms in total. The summed E-state index contributed by atoms with van der Waals surface area (Å²) in [5.41, 5.74) is 5.96. The van der Waals surface area contributed by atoms with Crippen LogP contribution in [0.2, 0.25) is 0 Å². The molecular formula is C14H19FN2O2. The largest absolute Gasteiger partial charge is 0.393 e. The molecule has 3 atom stereocenters. The highest BCUT2D eigenvalue weighted by molar-refractivity contribution is 5.94. The maximum atomic E-state index is 13.6. The molecule has 2 rings (SSSR count). The Bertz CT molecular complexity index is 465. The average Bonchev–Trinajstić information content (AvgIpc) is 2.37. The molecule has 1 heterocycles. The number of carbonyl (C=O) groups excluding carboxylic acids is 1. The molecule has 3 N–H and O–H groups in total. The van der Waals surface area contributed by atoms with E-state index in [1.54, 1.807) is 19.1 Å². The number of halogens is 1. The molecule has 0 aromatic heterocycles.